The number of carbonyl (C=O) groups excluding carboxylic acids is 1. The molecule has 2 aromatic rings. The number of aromatic nitrogens is 1. The topological polar surface area (TPSA) is 81.6 Å². The molecule has 0 aliphatic carbocycles. The van der Waals surface area contributed by atoms with Gasteiger partial charge in [0.25, 0.3) is 5.91 Å². The lowest BCUT2D eigenvalue weighted by molar-refractivity contribution is 0.0977. The molecule has 1 aromatic heterocycles. The molecule has 0 spiro atoms. The van der Waals surface area contributed by atoms with Crippen molar-refractivity contribution >= 4 is 17.3 Å². The van der Waals surface area contributed by atoms with Crippen LogP contribution in [0.1, 0.15) is 29.6 Å². The molecule has 0 saturated heterocycles. The smallest absolute Gasteiger partial charge is 0.280 e. The summed E-state index contributed by atoms with van der Waals surface area (Å²) in [5, 5.41) is 3.81. The van der Waals surface area contributed by atoms with Gasteiger partial charge in [-0.2, -0.15) is 0 Å². The fourth-order valence-electron chi connectivity index (χ4n) is 1.99. The number of hydrogen-bond acceptors (Lipinski definition) is 5. The normalized spacial score (nSPS) is 10.6. The van der Waals surface area contributed by atoms with Crippen molar-refractivity contribution in [2.24, 2.45) is 0 Å². The van der Waals surface area contributed by atoms with Crippen LogP contribution in [0.15, 0.2) is 34.9 Å². The van der Waals surface area contributed by atoms with Gasteiger partial charge < -0.3 is 19.9 Å². The average Bonchev–Trinajstić information content (AvgIpc) is 2.94. The van der Waals surface area contributed by atoms with E-state index in [1.807, 2.05) is 19.1 Å². The fraction of sp³-hybridized carbons (Fsp3) is 0.333. The van der Waals surface area contributed by atoms with Crippen LogP contribution in [0.2, 0.25) is 0 Å². The van der Waals surface area contributed by atoms with Gasteiger partial charge in [0, 0.05) is 31.1 Å². The Hall–Kier alpha value is -2.34. The molecule has 0 bridgehead atoms. The van der Waals surface area contributed by atoms with Crippen molar-refractivity contribution in [2.75, 3.05) is 24.3 Å². The second-order valence-corrected chi connectivity index (χ2v) is 4.66. The van der Waals surface area contributed by atoms with E-state index in [2.05, 4.69) is 5.16 Å². The van der Waals surface area contributed by atoms with Gasteiger partial charge in [0.1, 0.15) is 6.61 Å². The molecule has 0 aliphatic heterocycles. The lowest BCUT2D eigenvalue weighted by atomic mass is 10.2. The van der Waals surface area contributed by atoms with E-state index in [-0.39, 0.29) is 18.2 Å². The minimum Gasteiger partial charge on any atom is -0.399 e. The summed E-state index contributed by atoms with van der Waals surface area (Å²) >= 11 is 0. The maximum Gasteiger partial charge on any atom is 0.280 e. The maximum atomic E-state index is 12.6. The van der Waals surface area contributed by atoms with E-state index in [1.54, 1.807) is 30.2 Å². The van der Waals surface area contributed by atoms with Crippen molar-refractivity contribution in [2.45, 2.75) is 20.0 Å². The number of methoxy groups -OCH3 is 1. The number of rotatable bonds is 6. The Morgan fingerprint density at radius 3 is 2.71 bits per heavy atom. The number of hydrogen-bond donors (Lipinski definition) is 1. The first-order chi connectivity index (χ1) is 10.2. The zero-order valence-corrected chi connectivity index (χ0v) is 12.2. The van der Waals surface area contributed by atoms with Gasteiger partial charge in [-0.25, -0.2) is 0 Å². The van der Waals surface area contributed by atoms with Crippen LogP contribution in [0.25, 0.3) is 0 Å². The average molecular weight is 289 g/mol. The molecule has 0 aliphatic rings. The number of carbonyl (C=O) groups is 1. The second kappa shape index (κ2) is 6.90. The van der Waals surface area contributed by atoms with Gasteiger partial charge in [-0.05, 0) is 30.7 Å². The maximum absolute atomic E-state index is 12.6. The highest BCUT2D eigenvalue weighted by Crippen LogP contribution is 2.19. The van der Waals surface area contributed by atoms with Crippen molar-refractivity contribution in [1.82, 2.24) is 5.16 Å². The number of nitrogen functional groups attached to an aromatic ring is 1. The minimum absolute atomic E-state index is 0.201. The first-order valence-electron chi connectivity index (χ1n) is 6.77. The van der Waals surface area contributed by atoms with Crippen LogP contribution in [-0.4, -0.2) is 24.7 Å². The van der Waals surface area contributed by atoms with Crippen LogP contribution in [0.4, 0.5) is 11.4 Å². The molecule has 0 radical (unpaired) electrons. The van der Waals surface area contributed by atoms with Gasteiger partial charge in [-0.3, -0.25) is 4.79 Å². The van der Waals surface area contributed by atoms with E-state index in [1.165, 1.54) is 0 Å². The Balaban J connectivity index is 2.23. The summed E-state index contributed by atoms with van der Waals surface area (Å²) in [6.07, 6.45) is 0.832. The molecule has 0 saturated carbocycles. The summed E-state index contributed by atoms with van der Waals surface area (Å²) in [6, 6.07) is 8.78. The first-order valence-corrected chi connectivity index (χ1v) is 6.77. The van der Waals surface area contributed by atoms with Crippen molar-refractivity contribution in [3.05, 3.63) is 41.8 Å². The van der Waals surface area contributed by atoms with Crippen LogP contribution in [0.3, 0.4) is 0 Å². The van der Waals surface area contributed by atoms with Crippen LogP contribution < -0.4 is 10.6 Å². The number of nitrogens with zero attached hydrogens (tertiary/aromatic N) is 2. The third kappa shape index (κ3) is 3.61. The van der Waals surface area contributed by atoms with Crippen molar-refractivity contribution in [3.63, 3.8) is 0 Å². The van der Waals surface area contributed by atoms with Crippen molar-refractivity contribution < 1.29 is 14.1 Å². The summed E-state index contributed by atoms with van der Waals surface area (Å²) in [4.78, 5) is 14.2. The largest absolute Gasteiger partial charge is 0.399 e. The predicted octanol–water partition coefficient (Wildman–Crippen LogP) is 2.46. The Morgan fingerprint density at radius 1 is 1.38 bits per heavy atom. The molecule has 0 unspecified atom stereocenters. The monoisotopic (exact) mass is 289 g/mol. The van der Waals surface area contributed by atoms with E-state index in [4.69, 9.17) is 15.0 Å². The van der Waals surface area contributed by atoms with E-state index in [0.29, 0.717) is 18.0 Å². The summed E-state index contributed by atoms with van der Waals surface area (Å²) in [6.45, 7) is 2.89. The molecular formula is C15H19N3O3. The Kier molecular flexibility index (Phi) is 4.94. The quantitative estimate of drug-likeness (QED) is 0.826. The second-order valence-electron chi connectivity index (χ2n) is 4.66. The molecule has 0 atom stereocenters. The van der Waals surface area contributed by atoms with Crippen LogP contribution >= 0.6 is 0 Å². The Morgan fingerprint density at radius 2 is 2.10 bits per heavy atom. The number of anilines is 2. The molecule has 1 aromatic carbocycles. The third-order valence-corrected chi connectivity index (χ3v) is 2.96. The Bertz CT molecular complexity index is 592. The number of ether oxygens (including phenoxy) is 1. The van der Waals surface area contributed by atoms with Crippen molar-refractivity contribution in [3.8, 4) is 0 Å². The molecule has 2 rings (SSSR count). The molecule has 112 valence electrons. The van der Waals surface area contributed by atoms with Gasteiger partial charge in [-0.15, -0.1) is 0 Å². The highest BCUT2D eigenvalue weighted by molar-refractivity contribution is 6.04. The fourth-order valence-corrected chi connectivity index (χ4v) is 1.99. The standard InChI is InChI=1S/C15H19N3O3/c1-3-8-18(12-6-4-11(16)5-7-12)15(19)14-9-13(10-20-2)21-17-14/h4-7,9H,3,8,10,16H2,1-2H3. The van der Waals surface area contributed by atoms with Crippen LogP contribution in [0, 0.1) is 0 Å². The molecule has 6 nitrogen and oxygen atoms in total. The summed E-state index contributed by atoms with van der Waals surface area (Å²) in [7, 11) is 1.56. The summed E-state index contributed by atoms with van der Waals surface area (Å²) in [5.41, 5.74) is 7.39. The van der Waals surface area contributed by atoms with E-state index in [9.17, 15) is 4.79 Å². The van der Waals surface area contributed by atoms with Crippen LogP contribution in [0.5, 0.6) is 0 Å². The van der Waals surface area contributed by atoms with Gasteiger partial charge in [0.15, 0.2) is 11.5 Å². The SMILES string of the molecule is CCCN(C(=O)c1cc(COC)on1)c1ccc(N)cc1. The summed E-state index contributed by atoms with van der Waals surface area (Å²) in [5.74, 6) is 0.322. The molecular weight excluding hydrogens is 270 g/mol. The number of amides is 1. The zero-order valence-electron chi connectivity index (χ0n) is 12.2. The molecule has 6 heteroatoms. The number of nitrogens with two attached hydrogens (primary N) is 1. The third-order valence-electron chi connectivity index (χ3n) is 2.96. The van der Waals surface area contributed by atoms with E-state index in [0.717, 1.165) is 12.1 Å². The predicted molar refractivity (Wildman–Crippen MR) is 80.0 cm³/mol. The van der Waals surface area contributed by atoms with Gasteiger partial charge in [0.05, 0.1) is 0 Å². The zero-order chi connectivity index (χ0) is 15.2. The molecule has 0 fully saturated rings. The lowest BCUT2D eigenvalue weighted by Gasteiger charge is -2.21. The van der Waals surface area contributed by atoms with E-state index >= 15 is 0 Å². The Labute approximate surface area is 123 Å². The van der Waals surface area contributed by atoms with E-state index < -0.39 is 0 Å². The van der Waals surface area contributed by atoms with Crippen molar-refractivity contribution in [1.29, 1.82) is 0 Å². The highest BCUT2D eigenvalue weighted by Gasteiger charge is 2.20. The molecule has 2 N–H and O–H groups in total. The van der Waals surface area contributed by atoms with Gasteiger partial charge in [-0.1, -0.05) is 12.1 Å². The molecule has 21 heavy (non-hydrogen) atoms. The summed E-state index contributed by atoms with van der Waals surface area (Å²) < 4.78 is 10.0. The van der Waals surface area contributed by atoms with Crippen LogP contribution in [-0.2, 0) is 11.3 Å². The molecule has 1 heterocycles. The lowest BCUT2D eigenvalue weighted by Crippen LogP contribution is -2.31. The highest BCUT2D eigenvalue weighted by atomic mass is 16.5. The number of benzene rings is 1. The van der Waals surface area contributed by atoms with Gasteiger partial charge >= 0.3 is 0 Å². The first kappa shape index (κ1) is 15.1. The minimum atomic E-state index is -0.201. The van der Waals surface area contributed by atoms with Gasteiger partial charge in [0.2, 0.25) is 0 Å². The molecule has 1 amide bonds.